The maximum absolute atomic E-state index is 13.9. The van der Waals surface area contributed by atoms with Crippen LogP contribution in [0.1, 0.15) is 40.5 Å². The lowest BCUT2D eigenvalue weighted by molar-refractivity contribution is -0.0776. The molecule has 1 aliphatic heterocycles. The quantitative estimate of drug-likeness (QED) is 0.125. The summed E-state index contributed by atoms with van der Waals surface area (Å²) in [7, 11) is 3.24. The van der Waals surface area contributed by atoms with Crippen molar-refractivity contribution < 1.29 is 23.7 Å². The van der Waals surface area contributed by atoms with Gasteiger partial charge in [-0.3, -0.25) is 9.36 Å². The first-order valence-electron chi connectivity index (χ1n) is 17.3. The molecule has 2 heterocycles. The van der Waals surface area contributed by atoms with Gasteiger partial charge >= 0.3 is 5.69 Å². The van der Waals surface area contributed by atoms with E-state index in [0.29, 0.717) is 35.8 Å². The first kappa shape index (κ1) is 37.1. The van der Waals surface area contributed by atoms with Crippen LogP contribution in [0.2, 0.25) is 0 Å². The van der Waals surface area contributed by atoms with Crippen molar-refractivity contribution in [2.24, 2.45) is 5.73 Å². The fourth-order valence-corrected chi connectivity index (χ4v) is 7.86. The van der Waals surface area contributed by atoms with Gasteiger partial charge in [-0.1, -0.05) is 103 Å². The van der Waals surface area contributed by atoms with E-state index >= 15 is 0 Å². The number of hydrogen-bond acceptors (Lipinski definition) is 9. The van der Waals surface area contributed by atoms with Crippen molar-refractivity contribution in [2.45, 2.75) is 49.9 Å². The van der Waals surface area contributed by atoms with Crippen molar-refractivity contribution in [1.29, 1.82) is 0 Å². The van der Waals surface area contributed by atoms with Crippen molar-refractivity contribution in [3.63, 3.8) is 0 Å². The number of rotatable bonds is 16. The second kappa shape index (κ2) is 17.2. The van der Waals surface area contributed by atoms with E-state index in [0.717, 1.165) is 26.8 Å². The Kier molecular flexibility index (Phi) is 12.3. The molecule has 5 aromatic rings. The van der Waals surface area contributed by atoms with Crippen LogP contribution in [0.4, 0.5) is 0 Å². The van der Waals surface area contributed by atoms with Gasteiger partial charge in [-0.2, -0.15) is 11.8 Å². The van der Waals surface area contributed by atoms with Crippen LogP contribution in [0.15, 0.2) is 125 Å². The Morgan fingerprint density at radius 2 is 1.52 bits per heavy atom. The number of benzene rings is 4. The molecular weight excluding hydrogens is 679 g/mol. The van der Waals surface area contributed by atoms with Crippen molar-refractivity contribution in [3.8, 4) is 11.5 Å². The number of ether oxygens (including phenoxy) is 5. The van der Waals surface area contributed by atoms with Gasteiger partial charge in [0.15, 0.2) is 11.5 Å². The third kappa shape index (κ3) is 7.74. The molecule has 1 aromatic heterocycles. The fraction of sp³-hybridized carbons (Fsp3) is 0.317. The largest absolute Gasteiger partial charge is 0.493 e. The maximum atomic E-state index is 13.9. The van der Waals surface area contributed by atoms with Gasteiger partial charge in [0.2, 0.25) is 0 Å². The summed E-state index contributed by atoms with van der Waals surface area (Å²) in [5.74, 6) is 1.83. The minimum atomic E-state index is -1.14. The molecule has 1 saturated heterocycles. The molecule has 4 aromatic carbocycles. The molecule has 10 nitrogen and oxygen atoms in total. The Morgan fingerprint density at radius 1 is 0.865 bits per heavy atom. The van der Waals surface area contributed by atoms with Crippen LogP contribution in [0.5, 0.6) is 11.5 Å². The summed E-state index contributed by atoms with van der Waals surface area (Å²) in [6.07, 6.45) is 1.00. The number of thioether (sulfide) groups is 1. The topological polar surface area (TPSA) is 116 Å². The van der Waals surface area contributed by atoms with Crippen molar-refractivity contribution in [1.82, 2.24) is 9.13 Å². The zero-order valence-corrected chi connectivity index (χ0v) is 30.5. The second-order valence-electron chi connectivity index (χ2n) is 12.5. The van der Waals surface area contributed by atoms with Crippen LogP contribution in [-0.4, -0.2) is 53.6 Å². The number of aryl methyl sites for hydroxylation is 1. The molecular formula is C41H45N3O7S. The Bertz CT molecular complexity index is 1980. The van der Waals surface area contributed by atoms with Gasteiger partial charge in [0, 0.05) is 41.3 Å². The van der Waals surface area contributed by atoms with Crippen molar-refractivity contribution in [2.75, 3.05) is 33.1 Å². The Hall–Kier alpha value is -4.65. The summed E-state index contributed by atoms with van der Waals surface area (Å²) >= 11 is 1.69. The van der Waals surface area contributed by atoms with Crippen LogP contribution >= 0.6 is 11.8 Å². The molecule has 0 saturated carbocycles. The Labute approximate surface area is 308 Å². The zero-order valence-electron chi connectivity index (χ0n) is 29.7. The van der Waals surface area contributed by atoms with Crippen LogP contribution in [-0.2, 0) is 33.1 Å². The number of methoxy groups -OCH3 is 2. The van der Waals surface area contributed by atoms with Crippen molar-refractivity contribution in [3.05, 3.63) is 164 Å². The smallest absolute Gasteiger partial charge is 0.335 e. The highest BCUT2D eigenvalue weighted by Gasteiger charge is 2.44. The van der Waals surface area contributed by atoms with E-state index in [1.807, 2.05) is 109 Å². The van der Waals surface area contributed by atoms with Gasteiger partial charge in [-0.05, 0) is 29.7 Å². The first-order valence-corrected chi connectivity index (χ1v) is 18.3. The number of para-hydroxylation sites is 1. The molecule has 0 aliphatic carbocycles. The lowest BCUT2D eigenvalue weighted by atomic mass is 9.79. The van der Waals surface area contributed by atoms with Crippen LogP contribution in [0.25, 0.3) is 0 Å². The Morgan fingerprint density at radius 3 is 2.13 bits per heavy atom. The third-order valence-corrected chi connectivity index (χ3v) is 10.6. The van der Waals surface area contributed by atoms with Gasteiger partial charge in [-0.15, -0.1) is 0 Å². The normalized spacial score (nSPS) is 17.3. The highest BCUT2D eigenvalue weighted by molar-refractivity contribution is 8.00. The SMILES string of the molecule is COc1cccc(C(OC[C@H]2O[C@@H](n3cc(C)c(=O)n(COCc4ccccc4)c3=O)C[C@@H]2SCCN)(c2ccccc2)c2ccccc2)c1OC. The average molecular weight is 724 g/mol. The van der Waals surface area contributed by atoms with Gasteiger partial charge in [0.1, 0.15) is 18.6 Å². The van der Waals surface area contributed by atoms with Gasteiger partial charge in [0.05, 0.1) is 33.5 Å². The van der Waals surface area contributed by atoms with E-state index in [4.69, 9.17) is 29.4 Å². The second-order valence-corrected chi connectivity index (χ2v) is 13.9. The molecule has 272 valence electrons. The number of nitrogens with zero attached hydrogens (tertiary/aromatic N) is 2. The molecule has 11 heteroatoms. The molecule has 0 spiro atoms. The standard InChI is InChI=1S/C41H45N3O7S/c1-29-25-43(40(46)44(39(29)45)28-49-26-30-14-7-4-8-15-30)37-24-36(52-23-22-42)35(51-37)27-50-41(31-16-9-5-10-17-31,32-18-11-6-12-19-32)33-20-13-21-34(47-2)38(33)48-3/h4-21,25,35-37H,22-24,26-28,42H2,1-3H3/t35-,36+,37-/m1/s1. The lowest BCUT2D eigenvalue weighted by Crippen LogP contribution is -2.42. The van der Waals surface area contributed by atoms with Crippen molar-refractivity contribution >= 4 is 11.8 Å². The molecule has 2 N–H and O–H groups in total. The fourth-order valence-electron chi connectivity index (χ4n) is 6.76. The van der Waals surface area contributed by atoms with Gasteiger partial charge < -0.3 is 29.4 Å². The third-order valence-electron chi connectivity index (χ3n) is 9.25. The van der Waals surface area contributed by atoms with Crippen LogP contribution in [0.3, 0.4) is 0 Å². The summed E-state index contributed by atoms with van der Waals surface area (Å²) in [6, 6.07) is 35.4. The minimum Gasteiger partial charge on any atom is -0.493 e. The predicted molar refractivity (Wildman–Crippen MR) is 203 cm³/mol. The lowest BCUT2D eigenvalue weighted by Gasteiger charge is -2.38. The van der Waals surface area contributed by atoms with Gasteiger partial charge in [-0.25, -0.2) is 9.36 Å². The maximum Gasteiger partial charge on any atom is 0.335 e. The predicted octanol–water partition coefficient (Wildman–Crippen LogP) is 5.87. The molecule has 0 radical (unpaired) electrons. The van der Waals surface area contributed by atoms with E-state index in [2.05, 4.69) is 0 Å². The molecule has 0 unspecified atom stereocenters. The summed E-state index contributed by atoms with van der Waals surface area (Å²) in [5, 5.41) is -0.0630. The summed E-state index contributed by atoms with van der Waals surface area (Å²) in [5.41, 5.74) is 7.84. The van der Waals surface area contributed by atoms with E-state index in [-0.39, 0.29) is 25.2 Å². The first-order chi connectivity index (χ1) is 25.4. The summed E-state index contributed by atoms with van der Waals surface area (Å²) in [4.78, 5) is 27.0. The summed E-state index contributed by atoms with van der Waals surface area (Å²) in [6.45, 7) is 2.42. The zero-order chi connectivity index (χ0) is 36.5. The van der Waals surface area contributed by atoms with E-state index in [1.54, 1.807) is 39.1 Å². The van der Waals surface area contributed by atoms with E-state index < -0.39 is 29.2 Å². The van der Waals surface area contributed by atoms with Crippen LogP contribution in [0, 0.1) is 6.92 Å². The van der Waals surface area contributed by atoms with Gasteiger partial charge in [0.25, 0.3) is 5.56 Å². The molecule has 0 amide bonds. The summed E-state index contributed by atoms with van der Waals surface area (Å²) < 4.78 is 34.2. The Balaban J connectivity index is 1.36. The molecule has 1 aliphatic rings. The number of nitrogens with two attached hydrogens (primary N) is 1. The molecule has 3 atom stereocenters. The molecule has 6 rings (SSSR count). The molecule has 0 bridgehead atoms. The average Bonchev–Trinajstić information content (AvgIpc) is 3.60. The molecule has 52 heavy (non-hydrogen) atoms. The van der Waals surface area contributed by atoms with Crippen LogP contribution < -0.4 is 26.5 Å². The number of hydrogen-bond donors (Lipinski definition) is 1. The highest BCUT2D eigenvalue weighted by Crippen LogP contribution is 2.48. The van der Waals surface area contributed by atoms with E-state index in [1.165, 1.54) is 4.57 Å². The monoisotopic (exact) mass is 723 g/mol. The van der Waals surface area contributed by atoms with E-state index in [9.17, 15) is 9.59 Å². The minimum absolute atomic E-state index is 0.0630. The number of aromatic nitrogens is 2. The molecule has 1 fully saturated rings. The highest BCUT2D eigenvalue weighted by atomic mass is 32.2.